The first-order chi connectivity index (χ1) is 10.9. The van der Waals surface area contributed by atoms with Crippen LogP contribution < -0.4 is 0 Å². The van der Waals surface area contributed by atoms with Crippen molar-refractivity contribution < 1.29 is 4.89 Å². The summed E-state index contributed by atoms with van der Waals surface area (Å²) in [5, 5.41) is 0. The Labute approximate surface area is 150 Å². The first-order valence-corrected chi connectivity index (χ1v) is 13.2. The molecule has 0 aromatic heterocycles. The van der Waals surface area contributed by atoms with Crippen LogP contribution in [-0.4, -0.2) is 16.2 Å². The fraction of sp³-hybridized carbons (Fsp3) is 1.00. The topological polar surface area (TPSA) is 20.2 Å². The van der Waals surface area contributed by atoms with E-state index in [1.165, 1.54) is 64.2 Å². The molecule has 0 bridgehead atoms. The Kier molecular flexibility index (Phi) is 7.64. The average Bonchev–Trinajstić information content (AvgIpc) is 2.60. The molecular weight excluding hydrogens is 319 g/mol. The third kappa shape index (κ3) is 4.83. The lowest BCUT2D eigenvalue weighted by atomic mass is 9.78. The fourth-order valence-corrected chi connectivity index (χ4v) is 9.32. The highest BCUT2D eigenvalue weighted by Gasteiger charge is 2.42. The van der Waals surface area contributed by atoms with Gasteiger partial charge in [0, 0.05) is 11.3 Å². The molecular formula is C20H39OPS. The van der Waals surface area contributed by atoms with E-state index in [0.717, 1.165) is 23.7 Å². The third-order valence-electron chi connectivity index (χ3n) is 7.11. The van der Waals surface area contributed by atoms with Crippen molar-refractivity contribution in [2.75, 3.05) is 0 Å². The normalized spacial score (nSPS) is 41.4. The zero-order valence-electron chi connectivity index (χ0n) is 15.8. The van der Waals surface area contributed by atoms with Crippen LogP contribution in [0.25, 0.3) is 0 Å². The maximum absolute atomic E-state index is 11.5. The van der Waals surface area contributed by atoms with Crippen molar-refractivity contribution in [3.05, 3.63) is 0 Å². The van der Waals surface area contributed by atoms with Crippen molar-refractivity contribution in [2.24, 2.45) is 23.7 Å². The first-order valence-electron chi connectivity index (χ1n) is 10.3. The zero-order valence-corrected chi connectivity index (χ0v) is 17.5. The molecule has 2 aliphatic carbocycles. The van der Waals surface area contributed by atoms with Crippen LogP contribution in [-0.2, 0) is 11.8 Å². The summed E-state index contributed by atoms with van der Waals surface area (Å²) in [7, 11) is 0. The number of hydrogen-bond donors (Lipinski definition) is 1. The quantitative estimate of drug-likeness (QED) is 0.541. The van der Waals surface area contributed by atoms with Crippen molar-refractivity contribution in [3.63, 3.8) is 0 Å². The Balaban J connectivity index is 2.13. The zero-order chi connectivity index (χ0) is 17.0. The van der Waals surface area contributed by atoms with E-state index < -0.39 is 6.26 Å². The summed E-state index contributed by atoms with van der Waals surface area (Å²) in [4.78, 5) is 11.5. The van der Waals surface area contributed by atoms with Crippen molar-refractivity contribution in [1.29, 1.82) is 0 Å². The van der Waals surface area contributed by atoms with Gasteiger partial charge in [0.15, 0.2) is 0 Å². The summed E-state index contributed by atoms with van der Waals surface area (Å²) in [6, 6.07) is 0. The predicted molar refractivity (Wildman–Crippen MR) is 107 cm³/mol. The second kappa shape index (κ2) is 8.81. The van der Waals surface area contributed by atoms with Crippen LogP contribution in [0.15, 0.2) is 0 Å². The van der Waals surface area contributed by atoms with Crippen LogP contribution in [0, 0.1) is 23.7 Å². The van der Waals surface area contributed by atoms with Crippen molar-refractivity contribution >= 4 is 18.1 Å². The average molecular weight is 359 g/mol. The molecule has 3 heteroatoms. The lowest BCUT2D eigenvalue weighted by molar-refractivity contribution is 0.238. The van der Waals surface area contributed by atoms with Crippen molar-refractivity contribution in [3.8, 4) is 0 Å². The predicted octanol–water partition coefficient (Wildman–Crippen LogP) is 6.58. The molecule has 2 fully saturated rings. The van der Waals surface area contributed by atoms with Crippen LogP contribution >= 0.6 is 6.26 Å². The lowest BCUT2D eigenvalue weighted by Gasteiger charge is -2.45. The van der Waals surface area contributed by atoms with Crippen LogP contribution in [0.3, 0.4) is 0 Å². The maximum atomic E-state index is 11.5. The molecule has 23 heavy (non-hydrogen) atoms. The molecule has 136 valence electrons. The van der Waals surface area contributed by atoms with E-state index in [4.69, 9.17) is 11.8 Å². The van der Waals surface area contributed by atoms with Gasteiger partial charge in [0.05, 0.1) is 6.26 Å². The fourth-order valence-electron chi connectivity index (χ4n) is 5.29. The van der Waals surface area contributed by atoms with Gasteiger partial charge in [-0.15, -0.1) is 0 Å². The van der Waals surface area contributed by atoms with Gasteiger partial charge >= 0.3 is 0 Å². The summed E-state index contributed by atoms with van der Waals surface area (Å²) in [5.74, 6) is 3.22. The first kappa shape index (κ1) is 19.9. The molecule has 0 aromatic carbocycles. The molecule has 0 radical (unpaired) electrons. The van der Waals surface area contributed by atoms with Crippen LogP contribution in [0.4, 0.5) is 0 Å². The highest BCUT2D eigenvalue weighted by molar-refractivity contribution is 8.12. The molecule has 0 aromatic rings. The van der Waals surface area contributed by atoms with Gasteiger partial charge in [-0.25, -0.2) is 0 Å². The van der Waals surface area contributed by atoms with Crippen LogP contribution in [0.5, 0.6) is 0 Å². The van der Waals surface area contributed by atoms with Gasteiger partial charge in [0.2, 0.25) is 0 Å². The molecule has 0 saturated heterocycles. The molecule has 1 nitrogen and oxygen atoms in total. The molecule has 0 heterocycles. The van der Waals surface area contributed by atoms with E-state index in [2.05, 4.69) is 27.7 Å². The van der Waals surface area contributed by atoms with Gasteiger partial charge in [-0.3, -0.25) is 0 Å². The molecule has 2 saturated carbocycles. The maximum Gasteiger partial charge on any atom is 0.0695 e. The molecule has 4 unspecified atom stereocenters. The van der Waals surface area contributed by atoms with E-state index in [0.29, 0.717) is 11.3 Å². The van der Waals surface area contributed by atoms with Crippen molar-refractivity contribution in [2.45, 2.75) is 103 Å². The Bertz CT molecular complexity index is 352. The molecule has 0 amide bonds. The second-order valence-electron chi connectivity index (χ2n) is 8.49. The summed E-state index contributed by atoms with van der Waals surface area (Å²) in [5.41, 5.74) is 0.915. The molecule has 0 aliphatic heterocycles. The van der Waals surface area contributed by atoms with Crippen LogP contribution in [0.2, 0.25) is 0 Å². The molecule has 0 spiro atoms. The second-order valence-corrected chi connectivity index (χ2v) is 13.1. The third-order valence-corrected chi connectivity index (χ3v) is 11.8. The standard InChI is InChI=1S/C20H39OPS/c1-5-15-9-16(6-2)12-19(11-15)22(21,23)20-13-17(7-3)10-18(8-4)14-20/h15-20H,5-14H2,1-4H3,(H,21,23). The minimum absolute atomic E-state index is 0.458. The highest BCUT2D eigenvalue weighted by Crippen LogP contribution is 2.62. The van der Waals surface area contributed by atoms with Gasteiger partial charge in [-0.1, -0.05) is 65.2 Å². The van der Waals surface area contributed by atoms with Gasteiger partial charge in [0.1, 0.15) is 0 Å². The van der Waals surface area contributed by atoms with E-state index in [1.54, 1.807) is 0 Å². The summed E-state index contributed by atoms with van der Waals surface area (Å²) in [6.45, 7) is 9.28. The Morgan fingerprint density at radius 1 is 0.652 bits per heavy atom. The van der Waals surface area contributed by atoms with Gasteiger partial charge in [-0.05, 0) is 62.2 Å². The Morgan fingerprint density at radius 3 is 1.13 bits per heavy atom. The Morgan fingerprint density at radius 2 is 0.913 bits per heavy atom. The molecule has 4 atom stereocenters. The SMILES string of the molecule is CCC1CC(CC)CC(P(O)(=S)C2CC(CC)CC(CC)C2)C1. The number of rotatable bonds is 6. The van der Waals surface area contributed by atoms with Gasteiger partial charge < -0.3 is 4.89 Å². The summed E-state index contributed by atoms with van der Waals surface area (Å²) < 4.78 is 0. The monoisotopic (exact) mass is 358 g/mol. The van der Waals surface area contributed by atoms with Crippen LogP contribution in [0.1, 0.15) is 91.9 Å². The Hall–Kier alpha value is 0.610. The minimum Gasteiger partial charge on any atom is -0.365 e. The van der Waals surface area contributed by atoms with Gasteiger partial charge in [-0.2, -0.15) is 0 Å². The van der Waals surface area contributed by atoms with Crippen molar-refractivity contribution in [1.82, 2.24) is 0 Å². The summed E-state index contributed by atoms with van der Waals surface area (Å²) >= 11 is 6.05. The highest BCUT2D eigenvalue weighted by atomic mass is 32.4. The lowest BCUT2D eigenvalue weighted by Crippen LogP contribution is -2.33. The van der Waals surface area contributed by atoms with E-state index in [1.807, 2.05) is 0 Å². The molecule has 2 rings (SSSR count). The van der Waals surface area contributed by atoms with E-state index in [9.17, 15) is 4.89 Å². The van der Waals surface area contributed by atoms with Gasteiger partial charge in [0.25, 0.3) is 0 Å². The van der Waals surface area contributed by atoms with E-state index in [-0.39, 0.29) is 0 Å². The molecule has 1 N–H and O–H groups in total. The smallest absolute Gasteiger partial charge is 0.0695 e. The molecule has 2 aliphatic rings. The van der Waals surface area contributed by atoms with E-state index >= 15 is 0 Å². The summed E-state index contributed by atoms with van der Waals surface area (Å²) in [6.07, 6.45) is 10.5. The minimum atomic E-state index is -2.21. The number of hydrogen-bond acceptors (Lipinski definition) is 1. The largest absolute Gasteiger partial charge is 0.365 e.